The van der Waals surface area contributed by atoms with Gasteiger partial charge >= 0.3 is 0 Å². The van der Waals surface area contributed by atoms with Crippen LogP contribution in [0.3, 0.4) is 0 Å². The number of rotatable bonds is 4. The van der Waals surface area contributed by atoms with Crippen molar-refractivity contribution < 1.29 is 0 Å². The third-order valence-electron chi connectivity index (χ3n) is 2.96. The van der Waals surface area contributed by atoms with Crippen LogP contribution in [0.2, 0.25) is 0 Å². The van der Waals surface area contributed by atoms with Gasteiger partial charge < -0.3 is 4.90 Å². The molecule has 1 aliphatic carbocycles. The van der Waals surface area contributed by atoms with Gasteiger partial charge in [-0.25, -0.2) is 0 Å². The Labute approximate surface area is 90.3 Å². The van der Waals surface area contributed by atoms with E-state index >= 15 is 0 Å². The molecule has 0 N–H and O–H groups in total. The molecule has 0 radical (unpaired) electrons. The van der Waals surface area contributed by atoms with Crippen LogP contribution in [-0.4, -0.2) is 49.1 Å². The van der Waals surface area contributed by atoms with Gasteiger partial charge in [-0.3, -0.25) is 4.90 Å². The van der Waals surface area contributed by atoms with Crippen LogP contribution in [0.1, 0.15) is 40.5 Å². The van der Waals surface area contributed by atoms with Gasteiger partial charge in [-0.2, -0.15) is 0 Å². The molecular formula is C12H28N2. The highest BCUT2D eigenvalue weighted by atomic mass is 15.3. The highest BCUT2D eigenvalue weighted by molar-refractivity contribution is 5.05. The molecule has 2 heteroatoms. The molecule has 1 aliphatic rings. The summed E-state index contributed by atoms with van der Waals surface area (Å²) < 4.78 is 0. The lowest BCUT2D eigenvalue weighted by atomic mass is 10.2. The summed E-state index contributed by atoms with van der Waals surface area (Å²) in [5.74, 6) is 0. The molecule has 2 nitrogen and oxygen atoms in total. The summed E-state index contributed by atoms with van der Waals surface area (Å²) in [4.78, 5) is 4.82. The molecule has 0 heterocycles. The van der Waals surface area contributed by atoms with Gasteiger partial charge in [-0.05, 0) is 47.8 Å². The molecule has 0 saturated heterocycles. The summed E-state index contributed by atoms with van der Waals surface area (Å²) >= 11 is 0. The molecule has 0 atom stereocenters. The highest BCUT2D eigenvalue weighted by Gasteiger charge is 2.47. The number of hydrogen-bond acceptors (Lipinski definition) is 2. The summed E-state index contributed by atoms with van der Waals surface area (Å²) in [5.41, 5.74) is 0.512. The second-order valence-electron chi connectivity index (χ2n) is 4.67. The van der Waals surface area contributed by atoms with Gasteiger partial charge in [0.05, 0.1) is 0 Å². The lowest BCUT2D eigenvalue weighted by Crippen LogP contribution is -2.45. The first kappa shape index (κ1) is 13.9. The Morgan fingerprint density at radius 3 is 1.71 bits per heavy atom. The maximum Gasteiger partial charge on any atom is 0.0337 e. The van der Waals surface area contributed by atoms with Crippen molar-refractivity contribution in [3.05, 3.63) is 0 Å². The average Bonchev–Trinajstić information content (AvgIpc) is 2.87. The molecule has 14 heavy (non-hydrogen) atoms. The van der Waals surface area contributed by atoms with Gasteiger partial charge in [0.15, 0.2) is 0 Å². The first-order valence-electron chi connectivity index (χ1n) is 5.86. The number of likely N-dealkylation sites (N-methyl/N-ethyl adjacent to an activating group) is 2. The van der Waals surface area contributed by atoms with Crippen LogP contribution in [-0.2, 0) is 0 Å². The van der Waals surface area contributed by atoms with E-state index in [-0.39, 0.29) is 0 Å². The van der Waals surface area contributed by atoms with Crippen molar-refractivity contribution >= 4 is 0 Å². The quantitative estimate of drug-likeness (QED) is 0.688. The number of nitrogens with zero attached hydrogens (tertiary/aromatic N) is 2. The first-order chi connectivity index (χ1) is 6.48. The van der Waals surface area contributed by atoms with Crippen molar-refractivity contribution in [2.75, 3.05) is 27.7 Å². The SMILES string of the molecule is CC.CC(C)N(C)C1(CN(C)C)CC1. The van der Waals surface area contributed by atoms with Crippen LogP contribution in [0.15, 0.2) is 0 Å². The maximum atomic E-state index is 2.52. The van der Waals surface area contributed by atoms with Crippen molar-refractivity contribution in [2.24, 2.45) is 0 Å². The molecule has 1 saturated carbocycles. The lowest BCUT2D eigenvalue weighted by molar-refractivity contribution is 0.142. The monoisotopic (exact) mass is 200 g/mol. The van der Waals surface area contributed by atoms with Gasteiger partial charge in [-0.15, -0.1) is 0 Å². The van der Waals surface area contributed by atoms with E-state index < -0.39 is 0 Å². The molecule has 1 fully saturated rings. The smallest absolute Gasteiger partial charge is 0.0337 e. The summed E-state index contributed by atoms with van der Waals surface area (Å²) in [6.07, 6.45) is 2.75. The third kappa shape index (κ3) is 3.58. The fourth-order valence-electron chi connectivity index (χ4n) is 1.90. The minimum Gasteiger partial charge on any atom is -0.308 e. The minimum absolute atomic E-state index is 0.512. The molecule has 0 spiro atoms. The van der Waals surface area contributed by atoms with Crippen LogP contribution < -0.4 is 0 Å². The van der Waals surface area contributed by atoms with Crippen molar-refractivity contribution in [3.8, 4) is 0 Å². The zero-order valence-corrected chi connectivity index (χ0v) is 11.1. The molecule has 86 valence electrons. The molecule has 0 aromatic rings. The standard InChI is InChI=1S/C10H22N2.C2H6/c1-9(2)12(5)10(6-7-10)8-11(3)4;1-2/h9H,6-8H2,1-5H3;1-2H3. The van der Waals surface area contributed by atoms with Gasteiger partial charge in [0.25, 0.3) is 0 Å². The summed E-state index contributed by atoms with van der Waals surface area (Å²) in [5, 5.41) is 0. The number of hydrogen-bond donors (Lipinski definition) is 0. The molecule has 0 bridgehead atoms. The molecule has 0 aromatic heterocycles. The molecule has 0 aromatic carbocycles. The summed E-state index contributed by atoms with van der Waals surface area (Å²) in [6.45, 7) is 9.76. The molecule has 0 unspecified atom stereocenters. The minimum atomic E-state index is 0.512. The third-order valence-corrected chi connectivity index (χ3v) is 2.96. The van der Waals surface area contributed by atoms with Crippen LogP contribution in [0.5, 0.6) is 0 Å². The largest absolute Gasteiger partial charge is 0.308 e. The van der Waals surface area contributed by atoms with E-state index in [0.29, 0.717) is 11.6 Å². The van der Waals surface area contributed by atoms with E-state index in [2.05, 4.69) is 44.8 Å². The maximum absolute atomic E-state index is 2.52. The van der Waals surface area contributed by atoms with Gasteiger partial charge in [0.1, 0.15) is 0 Å². The predicted molar refractivity (Wildman–Crippen MR) is 64.8 cm³/mol. The Bertz CT molecular complexity index is 148. The van der Waals surface area contributed by atoms with Crippen molar-refractivity contribution in [1.29, 1.82) is 0 Å². The van der Waals surface area contributed by atoms with Crippen LogP contribution in [0.4, 0.5) is 0 Å². The molecule has 1 rings (SSSR count). The Balaban J connectivity index is 0.000000791. The Morgan fingerprint density at radius 1 is 1.07 bits per heavy atom. The fourth-order valence-corrected chi connectivity index (χ4v) is 1.90. The Kier molecular flexibility index (Phi) is 5.68. The van der Waals surface area contributed by atoms with Crippen molar-refractivity contribution in [3.63, 3.8) is 0 Å². The topological polar surface area (TPSA) is 6.48 Å². The van der Waals surface area contributed by atoms with Gasteiger partial charge in [0, 0.05) is 18.1 Å². The van der Waals surface area contributed by atoms with Crippen LogP contribution in [0, 0.1) is 0 Å². The van der Waals surface area contributed by atoms with E-state index in [0.717, 1.165) is 0 Å². The molecule has 0 aliphatic heterocycles. The average molecular weight is 200 g/mol. The second-order valence-corrected chi connectivity index (χ2v) is 4.67. The highest BCUT2D eigenvalue weighted by Crippen LogP contribution is 2.42. The van der Waals surface area contributed by atoms with Gasteiger partial charge in [-0.1, -0.05) is 13.8 Å². The van der Waals surface area contributed by atoms with Gasteiger partial charge in [0.2, 0.25) is 0 Å². The van der Waals surface area contributed by atoms with E-state index in [1.54, 1.807) is 0 Å². The summed E-state index contributed by atoms with van der Waals surface area (Å²) in [7, 11) is 6.57. The van der Waals surface area contributed by atoms with Crippen LogP contribution in [0.25, 0.3) is 0 Å². The van der Waals surface area contributed by atoms with Crippen LogP contribution >= 0.6 is 0 Å². The summed E-state index contributed by atoms with van der Waals surface area (Å²) in [6, 6.07) is 0.674. The van der Waals surface area contributed by atoms with Crippen molar-refractivity contribution in [1.82, 2.24) is 9.80 Å². The Hall–Kier alpha value is -0.0800. The fraction of sp³-hybridized carbons (Fsp3) is 1.00. The normalized spacial score (nSPS) is 18.4. The molecular weight excluding hydrogens is 172 g/mol. The van der Waals surface area contributed by atoms with E-state index in [1.165, 1.54) is 19.4 Å². The van der Waals surface area contributed by atoms with E-state index in [1.807, 2.05) is 13.8 Å². The van der Waals surface area contributed by atoms with Crippen molar-refractivity contribution in [2.45, 2.75) is 52.1 Å². The predicted octanol–water partition coefficient (Wildman–Crippen LogP) is 2.45. The lowest BCUT2D eigenvalue weighted by Gasteiger charge is -2.33. The Morgan fingerprint density at radius 2 is 1.50 bits per heavy atom. The zero-order chi connectivity index (χ0) is 11.4. The zero-order valence-electron chi connectivity index (χ0n) is 11.1. The first-order valence-corrected chi connectivity index (χ1v) is 5.86. The second kappa shape index (κ2) is 5.72. The molecule has 0 amide bonds. The van der Waals surface area contributed by atoms with E-state index in [4.69, 9.17) is 0 Å². The van der Waals surface area contributed by atoms with E-state index in [9.17, 15) is 0 Å².